The van der Waals surface area contributed by atoms with Gasteiger partial charge in [-0.3, -0.25) is 14.4 Å². The molecule has 1 aliphatic rings. The fourth-order valence-corrected chi connectivity index (χ4v) is 4.86. The minimum Gasteiger partial charge on any atom is -0.481 e. The number of carboxylic acid groups (broad SMARTS) is 2. The first kappa shape index (κ1) is 25.6. The SMILES string of the molecule is O=C(O)C[C@H](NC(=O)[C@@H](S)CC1CCCCC1)C(=O)N[C@@H](Cc1c[nH]c2ccccc12)C(=O)O. The first-order chi connectivity index (χ1) is 16.2. The highest BCUT2D eigenvalue weighted by molar-refractivity contribution is 7.81. The molecule has 3 atom stereocenters. The number of carbonyl (C=O) groups excluding carboxylic acids is 2. The van der Waals surface area contributed by atoms with Crippen LogP contribution in [-0.2, 0) is 25.6 Å². The van der Waals surface area contributed by atoms with Crippen LogP contribution in [-0.4, -0.2) is 56.3 Å². The molecule has 0 spiro atoms. The second-order valence-electron chi connectivity index (χ2n) is 8.88. The van der Waals surface area contributed by atoms with Crippen LogP contribution in [0.4, 0.5) is 0 Å². The molecule has 184 valence electrons. The first-order valence-electron chi connectivity index (χ1n) is 11.5. The number of fused-ring (bicyclic) bond motifs is 1. The fraction of sp³-hybridized carbons (Fsp3) is 0.500. The lowest BCUT2D eigenvalue weighted by molar-refractivity contribution is -0.143. The van der Waals surface area contributed by atoms with Gasteiger partial charge in [0.25, 0.3) is 0 Å². The number of H-pyrrole nitrogens is 1. The van der Waals surface area contributed by atoms with Crippen LogP contribution >= 0.6 is 12.6 Å². The lowest BCUT2D eigenvalue weighted by Crippen LogP contribution is -2.54. The summed E-state index contributed by atoms with van der Waals surface area (Å²) in [5.41, 5.74) is 1.53. The van der Waals surface area contributed by atoms with E-state index in [1.807, 2.05) is 24.3 Å². The minimum absolute atomic E-state index is 0.00427. The largest absolute Gasteiger partial charge is 0.481 e. The topological polar surface area (TPSA) is 149 Å². The Morgan fingerprint density at radius 2 is 1.68 bits per heavy atom. The third kappa shape index (κ3) is 6.99. The molecule has 0 saturated heterocycles. The molecule has 1 aromatic carbocycles. The van der Waals surface area contributed by atoms with E-state index in [0.29, 0.717) is 17.9 Å². The van der Waals surface area contributed by atoms with Crippen LogP contribution in [0.25, 0.3) is 10.9 Å². The predicted octanol–water partition coefficient (Wildman–Crippen LogP) is 2.51. The van der Waals surface area contributed by atoms with Gasteiger partial charge < -0.3 is 25.8 Å². The average Bonchev–Trinajstić information content (AvgIpc) is 3.21. The van der Waals surface area contributed by atoms with E-state index in [0.717, 1.165) is 36.6 Å². The highest BCUT2D eigenvalue weighted by atomic mass is 32.1. The standard InChI is InChI=1S/C24H31N3O6S/c28-21(29)12-18(26-23(31)20(34)10-14-6-2-1-3-7-14)22(30)27-19(24(32)33)11-15-13-25-17-9-5-4-8-16(15)17/h4-5,8-9,13-14,18-20,25,34H,1-3,6-7,10-12H2,(H,26,31)(H,27,30)(H,28,29)(H,32,33)/t18-,19-,20-/m0/s1. The van der Waals surface area contributed by atoms with Crippen LogP contribution in [0.5, 0.6) is 0 Å². The van der Waals surface area contributed by atoms with Crippen LogP contribution in [0.15, 0.2) is 30.5 Å². The Morgan fingerprint density at radius 3 is 2.35 bits per heavy atom. The Labute approximate surface area is 203 Å². The molecule has 10 heteroatoms. The van der Waals surface area contributed by atoms with Gasteiger partial charge in [0.1, 0.15) is 12.1 Å². The van der Waals surface area contributed by atoms with Crippen molar-refractivity contribution in [2.45, 2.75) is 68.7 Å². The zero-order valence-corrected chi connectivity index (χ0v) is 19.7. The zero-order chi connectivity index (χ0) is 24.7. The number of carbonyl (C=O) groups is 4. The van der Waals surface area contributed by atoms with Crippen LogP contribution in [0.2, 0.25) is 0 Å². The number of amides is 2. The van der Waals surface area contributed by atoms with E-state index in [2.05, 4.69) is 28.2 Å². The van der Waals surface area contributed by atoms with Crippen molar-refractivity contribution in [2.24, 2.45) is 5.92 Å². The number of nitrogens with one attached hydrogen (secondary N) is 3. The molecule has 5 N–H and O–H groups in total. The van der Waals surface area contributed by atoms with Gasteiger partial charge in [0.05, 0.1) is 11.7 Å². The first-order valence-corrected chi connectivity index (χ1v) is 12.0. The molecule has 1 saturated carbocycles. The quantitative estimate of drug-likeness (QED) is 0.267. The highest BCUT2D eigenvalue weighted by Crippen LogP contribution is 2.28. The van der Waals surface area contributed by atoms with Gasteiger partial charge >= 0.3 is 11.9 Å². The summed E-state index contributed by atoms with van der Waals surface area (Å²) in [6, 6.07) is 4.67. The maximum Gasteiger partial charge on any atom is 0.326 e. The number of aliphatic carboxylic acids is 2. The number of hydrogen-bond donors (Lipinski definition) is 6. The molecule has 1 fully saturated rings. The van der Waals surface area contributed by atoms with Gasteiger partial charge in [-0.15, -0.1) is 0 Å². The molecule has 34 heavy (non-hydrogen) atoms. The summed E-state index contributed by atoms with van der Waals surface area (Å²) in [5.74, 6) is -3.56. The molecule has 1 aromatic heterocycles. The maximum absolute atomic E-state index is 12.8. The molecule has 0 radical (unpaired) electrons. The molecule has 1 heterocycles. The second-order valence-corrected chi connectivity index (χ2v) is 9.50. The van der Waals surface area contributed by atoms with Gasteiger partial charge in [0.15, 0.2) is 0 Å². The summed E-state index contributed by atoms with van der Waals surface area (Å²) in [4.78, 5) is 51.7. The normalized spacial score (nSPS) is 17.0. The van der Waals surface area contributed by atoms with Crippen LogP contribution < -0.4 is 10.6 Å². The van der Waals surface area contributed by atoms with E-state index in [-0.39, 0.29) is 6.42 Å². The Kier molecular flexibility index (Phi) is 8.98. The van der Waals surface area contributed by atoms with E-state index >= 15 is 0 Å². The molecule has 2 aromatic rings. The Morgan fingerprint density at radius 1 is 1.00 bits per heavy atom. The summed E-state index contributed by atoms with van der Waals surface area (Å²) in [6.45, 7) is 0. The fourth-order valence-electron chi connectivity index (χ4n) is 4.49. The van der Waals surface area contributed by atoms with E-state index < -0.39 is 47.5 Å². The molecule has 1 aliphatic carbocycles. The van der Waals surface area contributed by atoms with Gasteiger partial charge in [-0.25, -0.2) is 4.79 Å². The number of aromatic nitrogens is 1. The van der Waals surface area contributed by atoms with E-state index in [1.54, 1.807) is 6.20 Å². The molecule has 3 rings (SSSR count). The minimum atomic E-state index is -1.41. The van der Waals surface area contributed by atoms with Crippen molar-refractivity contribution in [2.75, 3.05) is 0 Å². The third-order valence-electron chi connectivity index (χ3n) is 6.31. The Bertz CT molecular complexity index is 1030. The maximum atomic E-state index is 12.8. The van der Waals surface area contributed by atoms with Gasteiger partial charge in [0.2, 0.25) is 11.8 Å². The second kappa shape index (κ2) is 11.9. The van der Waals surface area contributed by atoms with Crippen LogP contribution in [0, 0.1) is 5.92 Å². The number of para-hydroxylation sites is 1. The Balaban J connectivity index is 1.65. The average molecular weight is 490 g/mol. The van der Waals surface area contributed by atoms with E-state index in [9.17, 15) is 29.4 Å². The smallest absolute Gasteiger partial charge is 0.326 e. The number of thiol groups is 1. The number of carboxylic acids is 2. The summed E-state index contributed by atoms with van der Waals surface area (Å²) < 4.78 is 0. The van der Waals surface area contributed by atoms with Crippen molar-refractivity contribution < 1.29 is 29.4 Å². The lowest BCUT2D eigenvalue weighted by Gasteiger charge is -2.25. The van der Waals surface area contributed by atoms with E-state index in [4.69, 9.17) is 0 Å². The number of hydrogen-bond acceptors (Lipinski definition) is 5. The lowest BCUT2D eigenvalue weighted by atomic mass is 9.86. The molecule has 9 nitrogen and oxygen atoms in total. The molecule has 2 amide bonds. The van der Waals surface area contributed by atoms with Gasteiger partial charge in [-0.1, -0.05) is 50.3 Å². The van der Waals surface area contributed by atoms with Crippen molar-refractivity contribution in [3.8, 4) is 0 Å². The van der Waals surface area contributed by atoms with Gasteiger partial charge in [-0.05, 0) is 24.0 Å². The third-order valence-corrected chi connectivity index (χ3v) is 6.75. The zero-order valence-electron chi connectivity index (χ0n) is 18.8. The van der Waals surface area contributed by atoms with Crippen LogP contribution in [0.1, 0.15) is 50.5 Å². The number of aromatic amines is 1. The van der Waals surface area contributed by atoms with Gasteiger partial charge in [-0.2, -0.15) is 12.6 Å². The molecular formula is C24H31N3O6S. The number of benzene rings is 1. The van der Waals surface area contributed by atoms with Crippen molar-refractivity contribution in [1.82, 2.24) is 15.6 Å². The molecule has 0 bridgehead atoms. The van der Waals surface area contributed by atoms with Crippen LogP contribution in [0.3, 0.4) is 0 Å². The predicted molar refractivity (Wildman–Crippen MR) is 130 cm³/mol. The van der Waals surface area contributed by atoms with E-state index in [1.165, 1.54) is 6.42 Å². The summed E-state index contributed by atoms with van der Waals surface area (Å²) in [7, 11) is 0. The van der Waals surface area contributed by atoms with Crippen molar-refractivity contribution in [3.05, 3.63) is 36.0 Å². The van der Waals surface area contributed by atoms with Crippen molar-refractivity contribution in [3.63, 3.8) is 0 Å². The molecular weight excluding hydrogens is 458 g/mol. The van der Waals surface area contributed by atoms with Crippen molar-refractivity contribution in [1.29, 1.82) is 0 Å². The Hall–Kier alpha value is -3.01. The summed E-state index contributed by atoms with van der Waals surface area (Å²) >= 11 is 4.38. The summed E-state index contributed by atoms with van der Waals surface area (Å²) in [5, 5.41) is 23.9. The van der Waals surface area contributed by atoms with Gasteiger partial charge in [0, 0.05) is 23.5 Å². The summed E-state index contributed by atoms with van der Waals surface area (Å²) in [6.07, 6.45) is 7.03. The monoisotopic (exact) mass is 489 g/mol. The molecule has 0 unspecified atom stereocenters. The molecule has 0 aliphatic heterocycles. The highest BCUT2D eigenvalue weighted by Gasteiger charge is 2.31. The number of rotatable bonds is 11. The van der Waals surface area contributed by atoms with Crippen molar-refractivity contribution >= 4 is 47.3 Å².